The van der Waals surface area contributed by atoms with Gasteiger partial charge in [0, 0.05) is 26.5 Å². The highest BCUT2D eigenvalue weighted by molar-refractivity contribution is 8.26. The second-order valence-corrected chi connectivity index (χ2v) is 10.2. The Morgan fingerprint density at radius 2 is 2.00 bits per heavy atom. The van der Waals surface area contributed by atoms with E-state index in [2.05, 4.69) is 18.8 Å². The van der Waals surface area contributed by atoms with Crippen LogP contribution < -0.4 is 10.3 Å². The van der Waals surface area contributed by atoms with Gasteiger partial charge >= 0.3 is 0 Å². The number of hydrogen-bond acceptors (Lipinski definition) is 7. The number of ether oxygens (including phenoxy) is 2. The third-order valence-electron chi connectivity index (χ3n) is 5.61. The van der Waals surface area contributed by atoms with E-state index in [0.717, 1.165) is 11.1 Å². The van der Waals surface area contributed by atoms with Gasteiger partial charge in [-0.25, -0.2) is 0 Å². The van der Waals surface area contributed by atoms with Crippen LogP contribution in [-0.2, 0) is 9.53 Å². The minimum absolute atomic E-state index is 0.151. The van der Waals surface area contributed by atoms with E-state index in [0.29, 0.717) is 40.2 Å². The molecule has 0 saturated carbocycles. The molecule has 2 aromatic heterocycles. The molecule has 35 heavy (non-hydrogen) atoms. The van der Waals surface area contributed by atoms with Gasteiger partial charge in [-0.15, -0.1) is 0 Å². The number of aromatic nitrogens is 2. The van der Waals surface area contributed by atoms with Crippen molar-refractivity contribution in [2.45, 2.75) is 33.1 Å². The van der Waals surface area contributed by atoms with Crippen LogP contribution in [0.3, 0.4) is 0 Å². The lowest BCUT2D eigenvalue weighted by atomic mass is 10.0. The first-order valence-electron chi connectivity index (χ1n) is 11.3. The number of thiocarbonyl (C=S) groups is 1. The fourth-order valence-electron chi connectivity index (χ4n) is 3.79. The van der Waals surface area contributed by atoms with Crippen molar-refractivity contribution >= 4 is 45.9 Å². The van der Waals surface area contributed by atoms with E-state index in [-0.39, 0.29) is 28.8 Å². The Kier molecular flexibility index (Phi) is 7.69. The van der Waals surface area contributed by atoms with Crippen molar-refractivity contribution in [3.05, 3.63) is 74.5 Å². The Labute approximate surface area is 213 Å². The van der Waals surface area contributed by atoms with Crippen molar-refractivity contribution in [2.24, 2.45) is 0 Å². The quantitative estimate of drug-likeness (QED) is 0.236. The third kappa shape index (κ3) is 5.32. The molecule has 1 fully saturated rings. The Morgan fingerprint density at radius 1 is 1.20 bits per heavy atom. The molecule has 0 spiro atoms. The maximum absolute atomic E-state index is 13.5. The summed E-state index contributed by atoms with van der Waals surface area (Å²) in [6, 6.07) is 11.3. The van der Waals surface area contributed by atoms with Crippen LogP contribution in [0.15, 0.2) is 52.3 Å². The molecule has 7 nitrogen and oxygen atoms in total. The lowest BCUT2D eigenvalue weighted by molar-refractivity contribution is -0.122. The fraction of sp³-hybridized carbons (Fsp3) is 0.308. The SMILES string of the molecule is COCCCN1C(=O)/C(=C\c2c(Oc3cc(C)ccc3C(C)C)nc3ccccn3c2=O)SC1=S. The van der Waals surface area contributed by atoms with E-state index in [1.54, 1.807) is 31.5 Å². The fourth-order valence-corrected chi connectivity index (χ4v) is 5.08. The van der Waals surface area contributed by atoms with Crippen molar-refractivity contribution in [1.29, 1.82) is 0 Å². The molecule has 0 unspecified atom stereocenters. The molecule has 1 aliphatic rings. The molecule has 9 heteroatoms. The van der Waals surface area contributed by atoms with Crippen molar-refractivity contribution < 1.29 is 14.3 Å². The van der Waals surface area contributed by atoms with Crippen LogP contribution in [0.1, 0.15) is 42.9 Å². The maximum atomic E-state index is 13.5. The van der Waals surface area contributed by atoms with Crippen molar-refractivity contribution in [2.75, 3.05) is 20.3 Å². The highest BCUT2D eigenvalue weighted by Crippen LogP contribution is 2.36. The molecule has 1 aliphatic heterocycles. The molecule has 0 bridgehead atoms. The summed E-state index contributed by atoms with van der Waals surface area (Å²) >= 11 is 6.60. The van der Waals surface area contributed by atoms with E-state index < -0.39 is 0 Å². The predicted octanol–water partition coefficient (Wildman–Crippen LogP) is 5.16. The number of aryl methyl sites for hydroxylation is 1. The molecule has 182 valence electrons. The number of amides is 1. The minimum atomic E-state index is -0.325. The van der Waals surface area contributed by atoms with Crippen molar-refractivity contribution in [3.8, 4) is 11.6 Å². The number of carbonyl (C=O) groups is 1. The summed E-state index contributed by atoms with van der Waals surface area (Å²) in [6.45, 7) is 7.12. The first-order chi connectivity index (χ1) is 16.8. The van der Waals surface area contributed by atoms with Gasteiger partial charge in [-0.1, -0.05) is 56.0 Å². The zero-order valence-electron chi connectivity index (χ0n) is 20.1. The number of hydrogen-bond donors (Lipinski definition) is 0. The number of benzene rings is 1. The number of rotatable bonds is 8. The number of methoxy groups -OCH3 is 1. The summed E-state index contributed by atoms with van der Waals surface area (Å²) in [6.07, 6.45) is 3.86. The van der Waals surface area contributed by atoms with Gasteiger partial charge in [-0.3, -0.25) is 18.9 Å². The van der Waals surface area contributed by atoms with E-state index >= 15 is 0 Å². The summed E-state index contributed by atoms with van der Waals surface area (Å²) < 4.78 is 13.3. The van der Waals surface area contributed by atoms with E-state index in [1.807, 2.05) is 31.2 Å². The van der Waals surface area contributed by atoms with Crippen molar-refractivity contribution in [1.82, 2.24) is 14.3 Å². The summed E-state index contributed by atoms with van der Waals surface area (Å²) in [5.41, 5.74) is 2.35. The van der Waals surface area contributed by atoms with Gasteiger partial charge in [0.1, 0.15) is 21.3 Å². The molecule has 3 aromatic rings. The molecule has 0 aliphatic carbocycles. The monoisotopic (exact) mass is 509 g/mol. The van der Waals surface area contributed by atoms with Crippen LogP contribution in [-0.4, -0.2) is 44.8 Å². The number of fused-ring (bicyclic) bond motifs is 1. The Balaban J connectivity index is 1.81. The Morgan fingerprint density at radius 3 is 2.74 bits per heavy atom. The van der Waals surface area contributed by atoms with Gasteiger partial charge < -0.3 is 9.47 Å². The first-order valence-corrected chi connectivity index (χ1v) is 12.6. The summed E-state index contributed by atoms with van der Waals surface area (Å²) in [5, 5.41) is 0. The largest absolute Gasteiger partial charge is 0.438 e. The summed E-state index contributed by atoms with van der Waals surface area (Å²) in [7, 11) is 1.62. The standard InChI is InChI=1S/C26H27N3O4S2/c1-16(2)18-10-9-17(3)14-20(18)33-23-19(24(30)28-11-6-5-8-22(28)27-23)15-21-25(31)29(26(34)35-21)12-7-13-32-4/h5-6,8-11,14-16H,7,12-13H2,1-4H3/b21-15+. The predicted molar refractivity (Wildman–Crippen MR) is 143 cm³/mol. The molecule has 0 atom stereocenters. The van der Waals surface area contributed by atoms with Gasteiger partial charge in [0.05, 0.1) is 4.91 Å². The molecule has 4 rings (SSSR count). The number of pyridine rings is 1. The molecule has 0 N–H and O–H groups in total. The molecule has 1 amide bonds. The summed E-state index contributed by atoms with van der Waals surface area (Å²) in [5.74, 6) is 0.754. The summed E-state index contributed by atoms with van der Waals surface area (Å²) in [4.78, 5) is 33.1. The number of carbonyl (C=O) groups excluding carboxylic acids is 1. The zero-order chi connectivity index (χ0) is 25.1. The lowest BCUT2D eigenvalue weighted by Crippen LogP contribution is -2.29. The highest BCUT2D eigenvalue weighted by atomic mass is 32.2. The second kappa shape index (κ2) is 10.7. The van der Waals surface area contributed by atoms with Crippen LogP contribution in [0.2, 0.25) is 0 Å². The topological polar surface area (TPSA) is 73.1 Å². The normalized spacial score (nSPS) is 15.1. The molecule has 3 heterocycles. The maximum Gasteiger partial charge on any atom is 0.269 e. The van der Waals surface area contributed by atoms with Gasteiger partial charge in [-0.05, 0) is 54.7 Å². The Hall–Kier alpha value is -3.01. The lowest BCUT2D eigenvalue weighted by Gasteiger charge is -2.16. The molecular weight excluding hydrogens is 482 g/mol. The van der Waals surface area contributed by atoms with Crippen LogP contribution in [0, 0.1) is 6.92 Å². The van der Waals surface area contributed by atoms with Gasteiger partial charge in [0.15, 0.2) is 0 Å². The molecule has 0 radical (unpaired) electrons. The molecular formula is C26H27N3O4S2. The number of nitrogens with zero attached hydrogens (tertiary/aromatic N) is 3. The van der Waals surface area contributed by atoms with Gasteiger partial charge in [0.25, 0.3) is 11.5 Å². The first kappa shape index (κ1) is 25.1. The smallest absolute Gasteiger partial charge is 0.269 e. The molecule has 1 aromatic carbocycles. The highest BCUT2D eigenvalue weighted by Gasteiger charge is 2.32. The van der Waals surface area contributed by atoms with E-state index in [4.69, 9.17) is 21.7 Å². The van der Waals surface area contributed by atoms with E-state index in [9.17, 15) is 9.59 Å². The average Bonchev–Trinajstić information content (AvgIpc) is 3.09. The Bertz CT molecular complexity index is 1380. The van der Waals surface area contributed by atoms with Crippen LogP contribution in [0.5, 0.6) is 11.6 Å². The average molecular weight is 510 g/mol. The van der Waals surface area contributed by atoms with Gasteiger partial charge in [-0.2, -0.15) is 4.98 Å². The number of thioether (sulfide) groups is 1. The van der Waals surface area contributed by atoms with Crippen LogP contribution in [0.25, 0.3) is 11.7 Å². The van der Waals surface area contributed by atoms with Crippen LogP contribution in [0.4, 0.5) is 0 Å². The second-order valence-electron chi connectivity index (χ2n) is 8.54. The van der Waals surface area contributed by atoms with Crippen LogP contribution >= 0.6 is 24.0 Å². The van der Waals surface area contributed by atoms with E-state index in [1.165, 1.54) is 21.1 Å². The zero-order valence-corrected chi connectivity index (χ0v) is 21.7. The molecule has 1 saturated heterocycles. The van der Waals surface area contributed by atoms with Crippen molar-refractivity contribution in [3.63, 3.8) is 0 Å². The minimum Gasteiger partial charge on any atom is -0.438 e. The third-order valence-corrected chi connectivity index (χ3v) is 6.99. The van der Waals surface area contributed by atoms with Gasteiger partial charge in [0.2, 0.25) is 5.88 Å².